The standard InChI is InChI=1S/C17H19N3O/c1-3-12(14-8-18-11-19-9-14)7-15(5-1)21-17-16-6-2-4-13(16)10-20-17/h1,3,5,7-9,11,13,16-17,20H,2,4,6,10H2. The first-order valence-electron chi connectivity index (χ1n) is 7.65. The zero-order valence-electron chi connectivity index (χ0n) is 11.9. The molecule has 1 aromatic heterocycles. The van der Waals surface area contributed by atoms with Crippen LogP contribution in [0.25, 0.3) is 11.1 Å². The summed E-state index contributed by atoms with van der Waals surface area (Å²) in [6, 6.07) is 8.19. The van der Waals surface area contributed by atoms with Gasteiger partial charge in [-0.2, -0.15) is 0 Å². The van der Waals surface area contributed by atoms with E-state index in [0.717, 1.165) is 29.3 Å². The predicted octanol–water partition coefficient (Wildman–Crippen LogP) is 2.87. The molecule has 3 atom stereocenters. The van der Waals surface area contributed by atoms with Gasteiger partial charge in [0.1, 0.15) is 12.1 Å². The lowest BCUT2D eigenvalue weighted by Crippen LogP contribution is -2.32. The second-order valence-corrected chi connectivity index (χ2v) is 5.96. The van der Waals surface area contributed by atoms with E-state index in [1.807, 2.05) is 24.5 Å². The number of ether oxygens (including phenoxy) is 1. The largest absolute Gasteiger partial charge is 0.475 e. The normalized spacial score (nSPS) is 27.5. The number of benzene rings is 1. The smallest absolute Gasteiger partial charge is 0.153 e. The van der Waals surface area contributed by atoms with E-state index in [9.17, 15) is 0 Å². The van der Waals surface area contributed by atoms with E-state index in [1.165, 1.54) is 19.3 Å². The van der Waals surface area contributed by atoms with Crippen molar-refractivity contribution in [3.8, 4) is 16.9 Å². The van der Waals surface area contributed by atoms with Crippen molar-refractivity contribution >= 4 is 0 Å². The van der Waals surface area contributed by atoms with Gasteiger partial charge in [-0.25, -0.2) is 9.97 Å². The number of hydrogen-bond donors (Lipinski definition) is 1. The highest BCUT2D eigenvalue weighted by molar-refractivity contribution is 5.63. The molecule has 4 nitrogen and oxygen atoms in total. The lowest BCUT2D eigenvalue weighted by atomic mass is 9.99. The van der Waals surface area contributed by atoms with Crippen molar-refractivity contribution in [1.29, 1.82) is 0 Å². The highest BCUT2D eigenvalue weighted by atomic mass is 16.5. The zero-order valence-corrected chi connectivity index (χ0v) is 11.9. The van der Waals surface area contributed by atoms with Crippen LogP contribution in [0.15, 0.2) is 43.0 Å². The second kappa shape index (κ2) is 5.45. The van der Waals surface area contributed by atoms with Crippen molar-refractivity contribution in [3.05, 3.63) is 43.0 Å². The highest BCUT2D eigenvalue weighted by Crippen LogP contribution is 2.38. The van der Waals surface area contributed by atoms with Gasteiger partial charge in [0.05, 0.1) is 0 Å². The maximum absolute atomic E-state index is 6.20. The van der Waals surface area contributed by atoms with Crippen LogP contribution in [0.4, 0.5) is 0 Å². The Morgan fingerprint density at radius 3 is 2.90 bits per heavy atom. The van der Waals surface area contributed by atoms with Crippen molar-refractivity contribution in [3.63, 3.8) is 0 Å². The molecule has 2 fully saturated rings. The summed E-state index contributed by atoms with van der Waals surface area (Å²) in [4.78, 5) is 8.15. The predicted molar refractivity (Wildman–Crippen MR) is 80.7 cm³/mol. The zero-order chi connectivity index (χ0) is 14.1. The van der Waals surface area contributed by atoms with Crippen LogP contribution in [0.2, 0.25) is 0 Å². The summed E-state index contributed by atoms with van der Waals surface area (Å²) in [7, 11) is 0. The molecule has 2 aliphatic rings. The molecule has 4 rings (SSSR count). The van der Waals surface area contributed by atoms with Crippen LogP contribution in [0, 0.1) is 11.8 Å². The Bertz CT molecular complexity index is 616. The molecule has 1 saturated carbocycles. The van der Waals surface area contributed by atoms with E-state index in [1.54, 1.807) is 6.33 Å². The Hall–Kier alpha value is -1.94. The lowest BCUT2D eigenvalue weighted by Gasteiger charge is -2.20. The van der Waals surface area contributed by atoms with Crippen molar-refractivity contribution in [2.75, 3.05) is 6.54 Å². The summed E-state index contributed by atoms with van der Waals surface area (Å²) in [5.74, 6) is 2.40. The molecule has 0 spiro atoms. The molecule has 0 amide bonds. The first-order valence-corrected chi connectivity index (χ1v) is 7.65. The van der Waals surface area contributed by atoms with Gasteiger partial charge in [0.2, 0.25) is 0 Å². The van der Waals surface area contributed by atoms with Crippen molar-refractivity contribution in [1.82, 2.24) is 15.3 Å². The molecule has 0 radical (unpaired) electrons. The topological polar surface area (TPSA) is 47.0 Å². The van der Waals surface area contributed by atoms with Crippen LogP contribution in [0.3, 0.4) is 0 Å². The third-order valence-corrected chi connectivity index (χ3v) is 4.68. The Labute approximate surface area is 124 Å². The Morgan fingerprint density at radius 2 is 2.00 bits per heavy atom. The number of nitrogens with one attached hydrogen (secondary N) is 1. The van der Waals surface area contributed by atoms with Crippen LogP contribution >= 0.6 is 0 Å². The minimum Gasteiger partial charge on any atom is -0.475 e. The average molecular weight is 281 g/mol. The maximum atomic E-state index is 6.20. The summed E-state index contributed by atoms with van der Waals surface area (Å²) < 4.78 is 6.20. The van der Waals surface area contributed by atoms with Crippen LogP contribution < -0.4 is 10.1 Å². The fraction of sp³-hybridized carbons (Fsp3) is 0.412. The first-order chi connectivity index (χ1) is 10.4. The SMILES string of the molecule is c1cc(OC2NCC3CCCC32)cc(-c2cncnc2)c1. The fourth-order valence-electron chi connectivity index (χ4n) is 3.61. The van der Waals surface area contributed by atoms with Gasteiger partial charge in [-0.05, 0) is 36.5 Å². The molecule has 0 bridgehead atoms. The number of nitrogens with zero attached hydrogens (tertiary/aromatic N) is 2. The molecule has 3 unspecified atom stereocenters. The highest BCUT2D eigenvalue weighted by Gasteiger charge is 2.40. The molecule has 1 aromatic carbocycles. The van der Waals surface area contributed by atoms with Crippen molar-refractivity contribution < 1.29 is 4.74 Å². The molecular formula is C17H19N3O. The summed E-state index contributed by atoms with van der Waals surface area (Å²) in [6.45, 7) is 1.10. The molecule has 2 heterocycles. The third-order valence-electron chi connectivity index (χ3n) is 4.68. The van der Waals surface area contributed by atoms with Crippen LogP contribution in [0.1, 0.15) is 19.3 Å². The summed E-state index contributed by atoms with van der Waals surface area (Å²) >= 11 is 0. The van der Waals surface area contributed by atoms with Crippen molar-refractivity contribution in [2.24, 2.45) is 11.8 Å². The summed E-state index contributed by atoms with van der Waals surface area (Å²) in [6.07, 6.45) is 9.35. The van der Waals surface area contributed by atoms with Gasteiger partial charge in [0.15, 0.2) is 6.23 Å². The Kier molecular flexibility index (Phi) is 3.31. The van der Waals surface area contributed by atoms with E-state index in [-0.39, 0.29) is 6.23 Å². The Balaban J connectivity index is 1.53. The number of rotatable bonds is 3. The van der Waals surface area contributed by atoms with E-state index in [0.29, 0.717) is 5.92 Å². The van der Waals surface area contributed by atoms with E-state index in [4.69, 9.17) is 4.74 Å². The van der Waals surface area contributed by atoms with E-state index in [2.05, 4.69) is 27.4 Å². The van der Waals surface area contributed by atoms with Gasteiger partial charge in [0.25, 0.3) is 0 Å². The van der Waals surface area contributed by atoms with E-state index >= 15 is 0 Å². The van der Waals surface area contributed by atoms with Gasteiger partial charge in [-0.1, -0.05) is 18.6 Å². The summed E-state index contributed by atoms with van der Waals surface area (Å²) in [5.41, 5.74) is 2.11. The molecule has 2 aromatic rings. The van der Waals surface area contributed by atoms with E-state index < -0.39 is 0 Å². The number of hydrogen-bond acceptors (Lipinski definition) is 4. The van der Waals surface area contributed by atoms with Gasteiger partial charge >= 0.3 is 0 Å². The Morgan fingerprint density at radius 1 is 1.10 bits per heavy atom. The minimum atomic E-state index is 0.166. The first kappa shape index (κ1) is 12.8. The van der Waals surface area contributed by atoms with Gasteiger partial charge in [-0.15, -0.1) is 0 Å². The third kappa shape index (κ3) is 2.51. The van der Waals surface area contributed by atoms with Crippen LogP contribution in [-0.4, -0.2) is 22.7 Å². The second-order valence-electron chi connectivity index (χ2n) is 5.96. The average Bonchev–Trinajstić information content (AvgIpc) is 3.14. The molecular weight excluding hydrogens is 262 g/mol. The fourth-order valence-corrected chi connectivity index (χ4v) is 3.61. The van der Waals surface area contributed by atoms with Gasteiger partial charge in [0, 0.05) is 30.4 Å². The van der Waals surface area contributed by atoms with Crippen molar-refractivity contribution in [2.45, 2.75) is 25.5 Å². The van der Waals surface area contributed by atoms with Gasteiger partial charge < -0.3 is 4.74 Å². The van der Waals surface area contributed by atoms with Crippen LogP contribution in [-0.2, 0) is 0 Å². The molecule has 21 heavy (non-hydrogen) atoms. The lowest BCUT2D eigenvalue weighted by molar-refractivity contribution is 0.133. The number of aromatic nitrogens is 2. The minimum absolute atomic E-state index is 0.166. The molecule has 1 N–H and O–H groups in total. The summed E-state index contributed by atoms with van der Waals surface area (Å²) in [5, 5.41) is 3.52. The number of fused-ring (bicyclic) bond motifs is 1. The molecule has 1 saturated heterocycles. The maximum Gasteiger partial charge on any atom is 0.153 e. The monoisotopic (exact) mass is 281 g/mol. The van der Waals surface area contributed by atoms with Gasteiger partial charge in [-0.3, -0.25) is 5.32 Å². The van der Waals surface area contributed by atoms with Crippen LogP contribution in [0.5, 0.6) is 5.75 Å². The quantitative estimate of drug-likeness (QED) is 0.939. The molecule has 1 aliphatic heterocycles. The molecule has 108 valence electrons. The molecule has 4 heteroatoms. The molecule has 1 aliphatic carbocycles.